The van der Waals surface area contributed by atoms with Crippen LogP contribution in [0.3, 0.4) is 0 Å². The van der Waals surface area contributed by atoms with E-state index in [9.17, 15) is 13.2 Å². The van der Waals surface area contributed by atoms with Gasteiger partial charge in [-0.3, -0.25) is 4.79 Å². The van der Waals surface area contributed by atoms with Crippen LogP contribution in [0.25, 0.3) is 22.3 Å². The molecule has 1 aliphatic rings. The summed E-state index contributed by atoms with van der Waals surface area (Å²) in [5, 5.41) is 8.27. The average molecular weight is 521 g/mol. The molecule has 37 heavy (non-hydrogen) atoms. The summed E-state index contributed by atoms with van der Waals surface area (Å²) in [6, 6.07) is 16.3. The van der Waals surface area contributed by atoms with Crippen LogP contribution in [0.15, 0.2) is 54.6 Å². The molecule has 10 heteroatoms. The van der Waals surface area contributed by atoms with Gasteiger partial charge in [0.2, 0.25) is 0 Å². The van der Waals surface area contributed by atoms with E-state index in [0.29, 0.717) is 52.4 Å². The largest absolute Gasteiger partial charge is 0.497 e. The molecule has 0 radical (unpaired) electrons. The second-order valence-electron chi connectivity index (χ2n) is 9.11. The quantitative estimate of drug-likeness (QED) is 0.395. The molecule has 0 spiro atoms. The van der Waals surface area contributed by atoms with Crippen LogP contribution in [0.5, 0.6) is 11.5 Å². The molecule has 3 heterocycles. The van der Waals surface area contributed by atoms with Gasteiger partial charge in [-0.15, -0.1) is 0 Å². The van der Waals surface area contributed by atoms with Gasteiger partial charge in [0, 0.05) is 12.1 Å². The molecule has 1 saturated heterocycles. The molecular formula is C27H28N4O5S. The maximum atomic E-state index is 13.6. The summed E-state index contributed by atoms with van der Waals surface area (Å²) >= 11 is 0. The van der Waals surface area contributed by atoms with E-state index in [0.717, 1.165) is 11.1 Å². The van der Waals surface area contributed by atoms with Crippen molar-refractivity contribution in [2.45, 2.75) is 25.9 Å². The molecule has 0 aliphatic carbocycles. The average Bonchev–Trinajstić information content (AvgIpc) is 3.45. The zero-order chi connectivity index (χ0) is 26.2. The molecule has 9 nitrogen and oxygen atoms in total. The maximum Gasteiger partial charge on any atom is 0.252 e. The highest BCUT2D eigenvalue weighted by atomic mass is 32.2. The van der Waals surface area contributed by atoms with Crippen molar-refractivity contribution in [1.29, 1.82) is 0 Å². The summed E-state index contributed by atoms with van der Waals surface area (Å²) in [4.78, 5) is 18.4. The lowest BCUT2D eigenvalue weighted by atomic mass is 10.0. The molecule has 1 amide bonds. The summed E-state index contributed by atoms with van der Waals surface area (Å²) in [7, 11) is 0.0477. The number of nitrogens with zero attached hydrogens (tertiary/aromatic N) is 3. The first kappa shape index (κ1) is 24.8. The van der Waals surface area contributed by atoms with Crippen LogP contribution >= 0.6 is 0 Å². The number of hydrogen-bond acceptors (Lipinski definition) is 7. The summed E-state index contributed by atoms with van der Waals surface area (Å²) in [6.07, 6.45) is 0.459. The first-order valence-electron chi connectivity index (χ1n) is 11.9. The number of amides is 1. The lowest BCUT2D eigenvalue weighted by Gasteiger charge is -2.13. The van der Waals surface area contributed by atoms with Crippen molar-refractivity contribution in [3.8, 4) is 22.8 Å². The van der Waals surface area contributed by atoms with Crippen LogP contribution in [0, 0.1) is 6.92 Å². The third-order valence-electron chi connectivity index (χ3n) is 6.59. The second kappa shape index (κ2) is 9.85. The minimum atomic E-state index is -3.14. The van der Waals surface area contributed by atoms with Crippen molar-refractivity contribution in [2.24, 2.45) is 0 Å². The zero-order valence-electron chi connectivity index (χ0n) is 20.9. The predicted octanol–water partition coefficient (Wildman–Crippen LogP) is 3.71. The number of aryl methyl sites for hydroxylation is 1. The van der Waals surface area contributed by atoms with E-state index in [-0.39, 0.29) is 23.5 Å². The molecule has 0 saturated carbocycles. The maximum absolute atomic E-state index is 13.6. The lowest BCUT2D eigenvalue weighted by Crippen LogP contribution is -2.23. The molecule has 192 valence electrons. The molecular weight excluding hydrogens is 492 g/mol. The van der Waals surface area contributed by atoms with E-state index in [1.54, 1.807) is 25.0 Å². The second-order valence-corrected chi connectivity index (χ2v) is 11.3. The highest BCUT2D eigenvalue weighted by molar-refractivity contribution is 7.91. The third kappa shape index (κ3) is 5.01. The molecule has 1 unspecified atom stereocenters. The van der Waals surface area contributed by atoms with Crippen LogP contribution in [0.1, 0.15) is 34.1 Å². The number of sulfone groups is 1. The fourth-order valence-electron chi connectivity index (χ4n) is 4.71. The number of hydrogen-bond donors (Lipinski definition) is 1. The number of carbonyl (C=O) groups excluding carboxylic acids is 1. The Morgan fingerprint density at radius 3 is 2.51 bits per heavy atom. The Kier molecular flexibility index (Phi) is 6.59. The van der Waals surface area contributed by atoms with Crippen molar-refractivity contribution in [3.05, 3.63) is 71.4 Å². The van der Waals surface area contributed by atoms with Gasteiger partial charge in [0.25, 0.3) is 5.91 Å². The fraction of sp³-hybridized carbons (Fsp3) is 0.296. The highest BCUT2D eigenvalue weighted by Gasteiger charge is 2.32. The number of carbonyl (C=O) groups is 1. The lowest BCUT2D eigenvalue weighted by molar-refractivity contribution is 0.0952. The van der Waals surface area contributed by atoms with E-state index >= 15 is 0 Å². The Hall–Kier alpha value is -3.92. The van der Waals surface area contributed by atoms with Gasteiger partial charge in [0.15, 0.2) is 15.5 Å². The highest BCUT2D eigenvalue weighted by Crippen LogP contribution is 2.33. The van der Waals surface area contributed by atoms with Gasteiger partial charge in [0.1, 0.15) is 11.5 Å². The van der Waals surface area contributed by atoms with Crippen LogP contribution in [0.2, 0.25) is 0 Å². The number of rotatable bonds is 7. The van der Waals surface area contributed by atoms with Gasteiger partial charge in [0.05, 0.1) is 54.1 Å². The summed E-state index contributed by atoms with van der Waals surface area (Å²) < 4.78 is 36.8. The number of fused-ring (bicyclic) bond motifs is 1. The van der Waals surface area contributed by atoms with Gasteiger partial charge in [-0.1, -0.05) is 24.3 Å². The van der Waals surface area contributed by atoms with Crippen LogP contribution in [-0.4, -0.2) is 54.8 Å². The van der Waals surface area contributed by atoms with Crippen molar-refractivity contribution in [1.82, 2.24) is 20.1 Å². The predicted molar refractivity (Wildman–Crippen MR) is 141 cm³/mol. The Morgan fingerprint density at radius 1 is 1.08 bits per heavy atom. The van der Waals surface area contributed by atoms with Crippen molar-refractivity contribution < 1.29 is 22.7 Å². The van der Waals surface area contributed by atoms with E-state index in [4.69, 9.17) is 14.5 Å². The van der Waals surface area contributed by atoms with Gasteiger partial charge in [-0.2, -0.15) is 5.10 Å². The summed E-state index contributed by atoms with van der Waals surface area (Å²) in [6.45, 7) is 2.12. The summed E-state index contributed by atoms with van der Waals surface area (Å²) in [5.74, 6) is 1.21. The summed E-state index contributed by atoms with van der Waals surface area (Å²) in [5.41, 5.74) is 3.78. The Bertz CT molecular complexity index is 1600. The van der Waals surface area contributed by atoms with Gasteiger partial charge < -0.3 is 14.8 Å². The number of methoxy groups -OCH3 is 2. The van der Waals surface area contributed by atoms with Gasteiger partial charge in [-0.25, -0.2) is 18.1 Å². The molecule has 2 aromatic heterocycles. The van der Waals surface area contributed by atoms with E-state index in [2.05, 4.69) is 10.4 Å². The third-order valence-corrected chi connectivity index (χ3v) is 8.34. The van der Waals surface area contributed by atoms with Crippen LogP contribution in [-0.2, 0) is 16.4 Å². The van der Waals surface area contributed by atoms with Crippen molar-refractivity contribution in [2.75, 3.05) is 25.7 Å². The normalized spacial score (nSPS) is 16.6. The van der Waals surface area contributed by atoms with Crippen LogP contribution in [0.4, 0.5) is 0 Å². The molecule has 1 N–H and O–H groups in total. The zero-order valence-corrected chi connectivity index (χ0v) is 21.7. The van der Waals surface area contributed by atoms with E-state index in [1.165, 1.54) is 0 Å². The number of pyridine rings is 1. The molecule has 5 rings (SSSR count). The first-order valence-corrected chi connectivity index (χ1v) is 13.8. The van der Waals surface area contributed by atoms with Gasteiger partial charge in [-0.05, 0) is 49.2 Å². The number of nitrogens with one attached hydrogen (secondary N) is 1. The van der Waals surface area contributed by atoms with Gasteiger partial charge >= 0.3 is 0 Å². The molecule has 4 aromatic rings. The monoisotopic (exact) mass is 520 g/mol. The first-order chi connectivity index (χ1) is 17.8. The fourth-order valence-corrected chi connectivity index (χ4v) is 6.40. The van der Waals surface area contributed by atoms with Crippen molar-refractivity contribution in [3.63, 3.8) is 0 Å². The number of aromatic nitrogens is 3. The molecule has 0 bridgehead atoms. The minimum Gasteiger partial charge on any atom is -0.497 e. The van der Waals surface area contributed by atoms with E-state index < -0.39 is 9.84 Å². The molecule has 1 aliphatic heterocycles. The molecule has 2 aromatic carbocycles. The Labute approximate surface area is 215 Å². The SMILES string of the molecule is COc1cccc(CNC(=O)c2cc(-c3cccc(OC)c3)nc3c2c(C)nn3C2CCS(=O)(=O)C2)c1. The smallest absolute Gasteiger partial charge is 0.252 e. The van der Waals surface area contributed by atoms with E-state index in [1.807, 2.05) is 55.5 Å². The van der Waals surface area contributed by atoms with Crippen molar-refractivity contribution >= 4 is 26.8 Å². The Morgan fingerprint density at radius 2 is 1.81 bits per heavy atom. The topological polar surface area (TPSA) is 112 Å². The van der Waals surface area contributed by atoms with Crippen LogP contribution < -0.4 is 14.8 Å². The Balaban J connectivity index is 1.60. The minimum absolute atomic E-state index is 0.00561. The standard InChI is InChI=1S/C27H28N4O5S/c1-17-25-23(27(32)28-15-18-6-4-8-21(12-18)35-2)14-24(19-7-5-9-22(13-19)36-3)29-26(25)31(30-17)20-10-11-37(33,34)16-20/h4-9,12-14,20H,10-11,15-16H2,1-3H3,(H,28,32). The molecule has 1 atom stereocenters. The number of benzene rings is 2. The molecule has 1 fully saturated rings. The number of ether oxygens (including phenoxy) is 2.